The van der Waals surface area contributed by atoms with Crippen LogP contribution in [-0.4, -0.2) is 22.0 Å². The number of hydrogen-bond acceptors (Lipinski definition) is 3. The third-order valence-corrected chi connectivity index (χ3v) is 4.82. The van der Waals surface area contributed by atoms with E-state index in [1.54, 1.807) is 19.2 Å². The summed E-state index contributed by atoms with van der Waals surface area (Å²) in [5.41, 5.74) is 1.86. The van der Waals surface area contributed by atoms with E-state index in [-0.39, 0.29) is 17.5 Å². The number of nitrogens with one attached hydrogen (secondary N) is 1. The van der Waals surface area contributed by atoms with Gasteiger partial charge in [0.05, 0.1) is 5.92 Å². The van der Waals surface area contributed by atoms with E-state index in [9.17, 15) is 13.6 Å². The molecule has 4 nitrogen and oxygen atoms in total. The lowest BCUT2D eigenvalue weighted by Crippen LogP contribution is -2.15. The molecule has 2 atom stereocenters. The highest BCUT2D eigenvalue weighted by atomic mass is 35.5. The molecule has 0 saturated heterocycles. The van der Waals surface area contributed by atoms with E-state index in [1.807, 2.05) is 18.2 Å². The maximum absolute atomic E-state index is 14.0. The molecule has 0 aliphatic heterocycles. The number of anilines is 1. The molecule has 2 aromatic heterocycles. The molecule has 132 valence electrons. The van der Waals surface area contributed by atoms with Crippen molar-refractivity contribution in [2.24, 2.45) is 5.92 Å². The fourth-order valence-electron chi connectivity index (χ4n) is 2.87. The lowest BCUT2D eigenvalue weighted by molar-refractivity contribution is -0.117. The van der Waals surface area contributed by atoms with E-state index in [0.717, 1.165) is 16.3 Å². The summed E-state index contributed by atoms with van der Waals surface area (Å²) in [6.07, 6.45) is 2.37. The minimum atomic E-state index is -1.05. The molecule has 1 fully saturated rings. The molecule has 1 amide bonds. The molecule has 1 aliphatic carbocycles. The normalized spacial score (nSPS) is 18.8. The first-order valence-electron chi connectivity index (χ1n) is 8.10. The van der Waals surface area contributed by atoms with Crippen LogP contribution in [0.1, 0.15) is 12.0 Å². The molecule has 4 rings (SSSR count). The van der Waals surface area contributed by atoms with Crippen LogP contribution in [0.5, 0.6) is 0 Å². The summed E-state index contributed by atoms with van der Waals surface area (Å²) in [6, 6.07) is 7.27. The lowest BCUT2D eigenvalue weighted by atomic mass is 10.00. The molecule has 1 N–H and O–H groups in total. The van der Waals surface area contributed by atoms with Gasteiger partial charge in [-0.2, -0.15) is 0 Å². The summed E-state index contributed by atoms with van der Waals surface area (Å²) in [5.74, 6) is -1.07. The minimum absolute atomic E-state index is 0.153. The summed E-state index contributed by atoms with van der Waals surface area (Å²) < 4.78 is 26.9. The maximum Gasteiger partial charge on any atom is 0.231 e. The number of carbonyl (C=O) groups excluding carboxylic acids is 1. The third kappa shape index (κ3) is 3.01. The summed E-state index contributed by atoms with van der Waals surface area (Å²) in [5, 5.41) is 4.16. The van der Waals surface area contributed by atoms with Crippen LogP contribution in [-0.2, 0) is 4.79 Å². The van der Waals surface area contributed by atoms with E-state index in [2.05, 4.69) is 15.3 Å². The molecule has 1 saturated carbocycles. The van der Waals surface area contributed by atoms with Crippen LogP contribution in [0.3, 0.4) is 0 Å². The van der Waals surface area contributed by atoms with Crippen molar-refractivity contribution in [3.05, 3.63) is 53.2 Å². The molecular formula is C19H14ClF2N3O. The van der Waals surface area contributed by atoms with Crippen molar-refractivity contribution in [2.45, 2.75) is 19.5 Å². The van der Waals surface area contributed by atoms with Crippen LogP contribution in [0.25, 0.3) is 21.9 Å². The number of aromatic nitrogens is 2. The van der Waals surface area contributed by atoms with Gasteiger partial charge in [0.25, 0.3) is 0 Å². The van der Waals surface area contributed by atoms with Crippen LogP contribution in [0, 0.1) is 18.7 Å². The van der Waals surface area contributed by atoms with Crippen molar-refractivity contribution in [1.82, 2.24) is 9.97 Å². The van der Waals surface area contributed by atoms with Crippen LogP contribution < -0.4 is 5.32 Å². The second-order valence-corrected chi connectivity index (χ2v) is 6.74. The van der Waals surface area contributed by atoms with Crippen molar-refractivity contribution in [3.63, 3.8) is 0 Å². The molecule has 26 heavy (non-hydrogen) atoms. The van der Waals surface area contributed by atoms with Gasteiger partial charge in [0, 0.05) is 23.3 Å². The van der Waals surface area contributed by atoms with Crippen LogP contribution in [0.15, 0.2) is 36.7 Å². The molecule has 7 heteroatoms. The summed E-state index contributed by atoms with van der Waals surface area (Å²) in [7, 11) is 0. The van der Waals surface area contributed by atoms with Crippen LogP contribution in [0.2, 0.25) is 5.15 Å². The number of rotatable bonds is 3. The van der Waals surface area contributed by atoms with Crippen molar-refractivity contribution in [2.75, 3.05) is 5.32 Å². The first kappa shape index (κ1) is 16.8. The Labute approximate surface area is 153 Å². The standard InChI is InChI=1S/C19H14ClF2N3O/c1-9-14(8-24-18(20)17(9)22)11-3-2-10-5-16(23-7-12(10)4-11)25-19(26)13-6-15(13)21/h2-5,7-8,13,15H,6H2,1H3,(H,23,25,26). The average molecular weight is 374 g/mol. The minimum Gasteiger partial charge on any atom is -0.310 e. The van der Waals surface area contributed by atoms with E-state index in [1.165, 1.54) is 6.20 Å². The van der Waals surface area contributed by atoms with Crippen LogP contribution in [0.4, 0.5) is 14.6 Å². The Kier molecular flexibility index (Phi) is 4.07. The second-order valence-electron chi connectivity index (χ2n) is 6.38. The molecule has 0 bridgehead atoms. The average Bonchev–Trinajstić information content (AvgIpc) is 3.36. The van der Waals surface area contributed by atoms with Gasteiger partial charge < -0.3 is 5.32 Å². The largest absolute Gasteiger partial charge is 0.310 e. The van der Waals surface area contributed by atoms with Gasteiger partial charge in [-0.25, -0.2) is 18.7 Å². The molecule has 0 spiro atoms. The summed E-state index contributed by atoms with van der Waals surface area (Å²) in [6.45, 7) is 1.65. The van der Waals surface area contributed by atoms with Gasteiger partial charge in [-0.1, -0.05) is 23.7 Å². The van der Waals surface area contributed by atoms with Gasteiger partial charge in [0.1, 0.15) is 12.0 Å². The zero-order valence-corrected chi connectivity index (χ0v) is 14.5. The zero-order chi connectivity index (χ0) is 18.4. The molecule has 2 heterocycles. The molecular weight excluding hydrogens is 360 g/mol. The van der Waals surface area contributed by atoms with Crippen LogP contribution >= 0.6 is 11.6 Å². The molecule has 1 aromatic carbocycles. The van der Waals surface area contributed by atoms with Gasteiger partial charge in [0.15, 0.2) is 11.0 Å². The predicted molar refractivity (Wildman–Crippen MR) is 96.3 cm³/mol. The Hall–Kier alpha value is -2.60. The molecule has 0 radical (unpaired) electrons. The monoisotopic (exact) mass is 373 g/mol. The van der Waals surface area contributed by atoms with Gasteiger partial charge in [0.2, 0.25) is 5.91 Å². The molecule has 1 aliphatic rings. The smallest absolute Gasteiger partial charge is 0.231 e. The van der Waals surface area contributed by atoms with E-state index in [4.69, 9.17) is 11.6 Å². The Morgan fingerprint density at radius 2 is 2.00 bits per heavy atom. The van der Waals surface area contributed by atoms with Crippen molar-refractivity contribution in [3.8, 4) is 11.1 Å². The van der Waals surface area contributed by atoms with Gasteiger partial charge in [-0.05, 0) is 42.0 Å². The Bertz CT molecular complexity index is 1040. The maximum atomic E-state index is 14.0. The lowest BCUT2D eigenvalue weighted by Gasteiger charge is -2.09. The number of amides is 1. The summed E-state index contributed by atoms with van der Waals surface area (Å²) in [4.78, 5) is 19.9. The Balaban J connectivity index is 1.65. The third-order valence-electron chi connectivity index (χ3n) is 4.55. The number of benzene rings is 1. The number of hydrogen-bond donors (Lipinski definition) is 1. The Morgan fingerprint density at radius 1 is 1.23 bits per heavy atom. The predicted octanol–water partition coefficient (Wildman–Crippen LogP) is 4.69. The molecule has 2 unspecified atom stereocenters. The van der Waals surface area contributed by atoms with E-state index >= 15 is 0 Å². The topological polar surface area (TPSA) is 54.9 Å². The van der Waals surface area contributed by atoms with E-state index < -0.39 is 17.9 Å². The van der Waals surface area contributed by atoms with E-state index in [0.29, 0.717) is 16.9 Å². The number of halogens is 3. The van der Waals surface area contributed by atoms with Crippen molar-refractivity contribution >= 4 is 34.1 Å². The highest BCUT2D eigenvalue weighted by Crippen LogP contribution is 2.35. The van der Waals surface area contributed by atoms with Gasteiger partial charge in [-0.15, -0.1) is 0 Å². The van der Waals surface area contributed by atoms with Gasteiger partial charge in [-0.3, -0.25) is 4.79 Å². The summed E-state index contributed by atoms with van der Waals surface area (Å²) >= 11 is 5.71. The first-order valence-corrected chi connectivity index (χ1v) is 8.47. The highest BCUT2D eigenvalue weighted by Gasteiger charge is 2.43. The van der Waals surface area contributed by atoms with Gasteiger partial charge >= 0.3 is 0 Å². The number of carbonyl (C=O) groups is 1. The fourth-order valence-corrected chi connectivity index (χ4v) is 3.06. The quantitative estimate of drug-likeness (QED) is 0.677. The second kappa shape index (κ2) is 6.29. The Morgan fingerprint density at radius 3 is 2.73 bits per heavy atom. The zero-order valence-electron chi connectivity index (χ0n) is 13.8. The first-order chi connectivity index (χ1) is 12.4. The van der Waals surface area contributed by atoms with Crippen molar-refractivity contribution in [1.29, 1.82) is 0 Å². The number of alkyl halides is 1. The van der Waals surface area contributed by atoms with Crippen molar-refractivity contribution < 1.29 is 13.6 Å². The number of pyridine rings is 2. The fraction of sp³-hybridized carbons (Fsp3) is 0.211. The number of nitrogens with zero attached hydrogens (tertiary/aromatic N) is 2. The SMILES string of the molecule is Cc1c(-c2ccc3cc(NC(=O)C4CC4F)ncc3c2)cnc(Cl)c1F. The number of fused-ring (bicyclic) bond motifs is 1. The molecule has 3 aromatic rings. The highest BCUT2D eigenvalue weighted by molar-refractivity contribution is 6.29.